The summed E-state index contributed by atoms with van der Waals surface area (Å²) in [6.45, 7) is 2.01. The molecule has 1 aliphatic rings. The molecule has 0 bridgehead atoms. The Kier molecular flexibility index (Phi) is 8.17. The number of hydrazone groups is 1. The van der Waals surface area contributed by atoms with Gasteiger partial charge in [-0.1, -0.05) is 42.5 Å². The summed E-state index contributed by atoms with van der Waals surface area (Å²) in [6, 6.07) is 26.4. The number of likely N-dealkylation sites (tertiary alicyclic amines) is 1. The molecule has 7 heteroatoms. The van der Waals surface area contributed by atoms with E-state index in [-0.39, 0.29) is 11.8 Å². The van der Waals surface area contributed by atoms with Crippen LogP contribution < -0.4 is 14.9 Å². The predicted molar refractivity (Wildman–Crippen MR) is 153 cm³/mol. The predicted octanol–water partition coefficient (Wildman–Crippen LogP) is 5.82. The van der Waals surface area contributed by atoms with Crippen LogP contribution in [0.3, 0.4) is 0 Å². The van der Waals surface area contributed by atoms with Gasteiger partial charge < -0.3 is 14.4 Å². The lowest BCUT2D eigenvalue weighted by molar-refractivity contribution is 0.0724. The van der Waals surface area contributed by atoms with Gasteiger partial charge in [0, 0.05) is 24.2 Å². The first kappa shape index (κ1) is 26.0. The Balaban J connectivity index is 1.17. The molecule has 0 aliphatic carbocycles. The smallest absolute Gasteiger partial charge is 0.271 e. The molecular formula is C32H31N3O4. The highest BCUT2D eigenvalue weighted by Crippen LogP contribution is 2.28. The van der Waals surface area contributed by atoms with Crippen molar-refractivity contribution in [3.05, 3.63) is 107 Å². The molecule has 198 valence electrons. The number of hydrogen-bond donors (Lipinski definition) is 1. The minimum Gasteiger partial charge on any atom is -0.493 e. The van der Waals surface area contributed by atoms with Gasteiger partial charge in [-0.05, 0) is 83.6 Å². The largest absolute Gasteiger partial charge is 0.493 e. The first-order valence-corrected chi connectivity index (χ1v) is 13.1. The summed E-state index contributed by atoms with van der Waals surface area (Å²) < 4.78 is 11.5. The second-order valence-electron chi connectivity index (χ2n) is 9.51. The minimum atomic E-state index is -0.285. The van der Waals surface area contributed by atoms with Crippen LogP contribution in [-0.4, -0.2) is 43.1 Å². The lowest BCUT2D eigenvalue weighted by Crippen LogP contribution is -2.35. The number of carbonyl (C=O) groups excluding carboxylic acids is 2. The van der Waals surface area contributed by atoms with E-state index < -0.39 is 0 Å². The highest BCUT2D eigenvalue weighted by Gasteiger charge is 2.18. The van der Waals surface area contributed by atoms with Crippen LogP contribution in [-0.2, 0) is 6.61 Å². The number of methoxy groups -OCH3 is 1. The van der Waals surface area contributed by atoms with Crippen molar-refractivity contribution in [2.75, 3.05) is 20.2 Å². The van der Waals surface area contributed by atoms with E-state index in [0.717, 1.165) is 47.8 Å². The number of benzene rings is 4. The Morgan fingerprint density at radius 3 is 2.36 bits per heavy atom. The van der Waals surface area contributed by atoms with Gasteiger partial charge in [-0.15, -0.1) is 0 Å². The van der Waals surface area contributed by atoms with Crippen LogP contribution in [0, 0.1) is 0 Å². The zero-order valence-electron chi connectivity index (χ0n) is 21.9. The molecule has 1 fully saturated rings. The molecule has 0 saturated carbocycles. The Morgan fingerprint density at radius 1 is 0.846 bits per heavy atom. The first-order chi connectivity index (χ1) is 19.1. The Bertz CT molecular complexity index is 1490. The normalized spacial score (nSPS) is 13.4. The molecule has 39 heavy (non-hydrogen) atoms. The zero-order valence-corrected chi connectivity index (χ0v) is 21.9. The van der Waals surface area contributed by atoms with E-state index >= 15 is 0 Å². The van der Waals surface area contributed by atoms with Crippen LogP contribution in [0.5, 0.6) is 11.5 Å². The highest BCUT2D eigenvalue weighted by atomic mass is 16.5. The third kappa shape index (κ3) is 6.44. The summed E-state index contributed by atoms with van der Waals surface area (Å²) in [5.41, 5.74) is 5.52. The molecule has 0 aromatic heterocycles. The lowest BCUT2D eigenvalue weighted by atomic mass is 10.1. The lowest BCUT2D eigenvalue weighted by Gasteiger charge is -2.26. The maximum absolute atomic E-state index is 12.7. The van der Waals surface area contributed by atoms with Crippen molar-refractivity contribution in [2.45, 2.75) is 25.9 Å². The minimum absolute atomic E-state index is 0.0922. The standard InChI is InChI=1S/C32H31N3O4/c1-38-30-19-24(21-33-34-31(36)28-15-14-25-7-3-4-8-27(25)20-28)11-16-29(30)39-22-23-9-12-26(13-10-23)32(37)35-17-5-2-6-18-35/h3-4,7-16,19-21H,2,5-6,17-18,22H2,1H3,(H,34,36)/b33-21-. The summed E-state index contributed by atoms with van der Waals surface area (Å²) >= 11 is 0. The number of nitrogens with one attached hydrogen (secondary N) is 1. The summed E-state index contributed by atoms with van der Waals surface area (Å²) in [6.07, 6.45) is 4.90. The van der Waals surface area contributed by atoms with Crippen molar-refractivity contribution in [3.8, 4) is 11.5 Å². The van der Waals surface area contributed by atoms with Crippen LogP contribution in [0.2, 0.25) is 0 Å². The van der Waals surface area contributed by atoms with Crippen molar-refractivity contribution in [1.82, 2.24) is 10.3 Å². The van der Waals surface area contributed by atoms with E-state index in [4.69, 9.17) is 9.47 Å². The van der Waals surface area contributed by atoms with E-state index in [9.17, 15) is 9.59 Å². The summed E-state index contributed by atoms with van der Waals surface area (Å²) in [5.74, 6) is 0.946. The van der Waals surface area contributed by atoms with Crippen LogP contribution in [0.4, 0.5) is 0 Å². The molecule has 0 atom stereocenters. The Hall–Kier alpha value is -4.65. The van der Waals surface area contributed by atoms with Gasteiger partial charge >= 0.3 is 0 Å². The zero-order chi connectivity index (χ0) is 27.0. The van der Waals surface area contributed by atoms with Gasteiger partial charge in [-0.3, -0.25) is 9.59 Å². The average Bonchev–Trinajstić information content (AvgIpc) is 3.00. The Morgan fingerprint density at radius 2 is 1.59 bits per heavy atom. The molecule has 4 aromatic rings. The van der Waals surface area contributed by atoms with E-state index in [1.54, 1.807) is 31.5 Å². The van der Waals surface area contributed by atoms with Crippen LogP contribution >= 0.6 is 0 Å². The molecule has 1 N–H and O–H groups in total. The number of hydrogen-bond acceptors (Lipinski definition) is 5. The number of amides is 2. The number of fused-ring (bicyclic) bond motifs is 1. The van der Waals surface area contributed by atoms with Gasteiger partial charge in [0.1, 0.15) is 6.61 Å². The maximum atomic E-state index is 12.7. The van der Waals surface area contributed by atoms with Gasteiger partial charge in [0.2, 0.25) is 0 Å². The van der Waals surface area contributed by atoms with Crippen molar-refractivity contribution in [2.24, 2.45) is 5.10 Å². The number of rotatable bonds is 8. The van der Waals surface area contributed by atoms with Crippen molar-refractivity contribution < 1.29 is 19.1 Å². The van der Waals surface area contributed by atoms with Crippen molar-refractivity contribution in [1.29, 1.82) is 0 Å². The fraction of sp³-hybridized carbons (Fsp3) is 0.219. The summed E-state index contributed by atoms with van der Waals surface area (Å²) in [7, 11) is 1.58. The Labute approximate surface area is 228 Å². The first-order valence-electron chi connectivity index (χ1n) is 13.1. The average molecular weight is 522 g/mol. The molecule has 0 radical (unpaired) electrons. The fourth-order valence-electron chi connectivity index (χ4n) is 4.63. The molecular weight excluding hydrogens is 490 g/mol. The van der Waals surface area contributed by atoms with E-state index in [1.165, 1.54) is 6.42 Å². The summed E-state index contributed by atoms with van der Waals surface area (Å²) in [4.78, 5) is 27.1. The third-order valence-electron chi connectivity index (χ3n) is 6.82. The molecule has 1 saturated heterocycles. The monoisotopic (exact) mass is 521 g/mol. The van der Waals surface area contributed by atoms with Gasteiger partial charge in [0.25, 0.3) is 11.8 Å². The van der Waals surface area contributed by atoms with Crippen LogP contribution in [0.15, 0.2) is 90.0 Å². The van der Waals surface area contributed by atoms with E-state index in [1.807, 2.05) is 71.6 Å². The number of piperidine rings is 1. The number of nitrogens with zero attached hydrogens (tertiary/aromatic N) is 2. The highest BCUT2D eigenvalue weighted by molar-refractivity contribution is 5.99. The molecule has 1 heterocycles. The molecule has 0 spiro atoms. The maximum Gasteiger partial charge on any atom is 0.271 e. The quantitative estimate of drug-likeness (QED) is 0.234. The molecule has 0 unspecified atom stereocenters. The van der Waals surface area contributed by atoms with Crippen LogP contribution in [0.25, 0.3) is 10.8 Å². The van der Waals surface area contributed by atoms with Gasteiger partial charge in [-0.25, -0.2) is 5.43 Å². The fourth-order valence-corrected chi connectivity index (χ4v) is 4.63. The molecule has 7 nitrogen and oxygen atoms in total. The van der Waals surface area contributed by atoms with E-state index in [2.05, 4.69) is 10.5 Å². The summed E-state index contributed by atoms with van der Waals surface area (Å²) in [5, 5.41) is 6.17. The van der Waals surface area contributed by atoms with Gasteiger partial charge in [-0.2, -0.15) is 5.10 Å². The number of carbonyl (C=O) groups is 2. The van der Waals surface area contributed by atoms with Crippen LogP contribution in [0.1, 0.15) is 51.1 Å². The van der Waals surface area contributed by atoms with Crippen molar-refractivity contribution in [3.63, 3.8) is 0 Å². The van der Waals surface area contributed by atoms with E-state index in [0.29, 0.717) is 29.2 Å². The topological polar surface area (TPSA) is 80.2 Å². The molecule has 1 aliphatic heterocycles. The second kappa shape index (κ2) is 12.3. The third-order valence-corrected chi connectivity index (χ3v) is 6.82. The second-order valence-corrected chi connectivity index (χ2v) is 9.51. The van der Waals surface area contributed by atoms with Gasteiger partial charge in [0.05, 0.1) is 13.3 Å². The number of ether oxygens (including phenoxy) is 2. The molecule has 5 rings (SSSR count). The molecule has 4 aromatic carbocycles. The van der Waals surface area contributed by atoms with Crippen molar-refractivity contribution >= 4 is 28.8 Å². The molecule has 2 amide bonds. The van der Waals surface area contributed by atoms with Gasteiger partial charge in [0.15, 0.2) is 11.5 Å². The SMILES string of the molecule is COc1cc(/C=N\NC(=O)c2ccc3ccccc3c2)ccc1OCc1ccc(C(=O)N2CCCCC2)cc1.